The quantitative estimate of drug-likeness (QED) is 0.611. The maximum atomic E-state index is 12.2. The predicted octanol–water partition coefficient (Wildman–Crippen LogP) is 3.37. The summed E-state index contributed by atoms with van der Waals surface area (Å²) in [5.74, 6) is -1.21. The maximum Gasteiger partial charge on any atom is 0.319 e. The number of carboxylic acid groups (broad SMARTS) is 1. The van der Waals surface area contributed by atoms with E-state index in [4.69, 9.17) is 5.11 Å². The Morgan fingerprint density at radius 2 is 1.67 bits per heavy atom. The smallest absolute Gasteiger partial charge is 0.319 e. The molecule has 1 fully saturated rings. The minimum absolute atomic E-state index is 0.0121. The lowest BCUT2D eigenvalue weighted by molar-refractivity contribution is -0.142. The Labute approximate surface area is 159 Å². The predicted molar refractivity (Wildman–Crippen MR) is 104 cm³/mol. The van der Waals surface area contributed by atoms with E-state index in [1.807, 2.05) is 20.8 Å². The number of hydrogen-bond acceptors (Lipinski definition) is 3. The summed E-state index contributed by atoms with van der Waals surface area (Å²) in [5, 5.41) is 17.6. The molecule has 1 aromatic carbocycles. The van der Waals surface area contributed by atoms with E-state index >= 15 is 0 Å². The Morgan fingerprint density at radius 1 is 1.07 bits per heavy atom. The monoisotopic (exact) mass is 375 g/mol. The molecule has 0 spiro atoms. The molecular weight excluding hydrogens is 346 g/mol. The zero-order chi connectivity index (χ0) is 20.0. The number of nitrogens with one attached hydrogen (secondary N) is 3. The molecule has 2 rings (SSSR count). The van der Waals surface area contributed by atoms with Crippen molar-refractivity contribution in [1.29, 1.82) is 0 Å². The van der Waals surface area contributed by atoms with Crippen molar-refractivity contribution in [2.45, 2.75) is 64.5 Å². The Balaban J connectivity index is 1.83. The first kappa shape index (κ1) is 20.7. The van der Waals surface area contributed by atoms with Crippen LogP contribution in [0.25, 0.3) is 0 Å². The van der Waals surface area contributed by atoms with Crippen molar-refractivity contribution in [3.8, 4) is 0 Å². The van der Waals surface area contributed by atoms with Crippen molar-refractivity contribution in [3.05, 3.63) is 29.8 Å². The number of rotatable bonds is 6. The van der Waals surface area contributed by atoms with Crippen LogP contribution in [0, 0.1) is 5.92 Å². The summed E-state index contributed by atoms with van der Waals surface area (Å²) in [4.78, 5) is 35.3. The molecule has 0 bridgehead atoms. The van der Waals surface area contributed by atoms with Crippen LogP contribution in [0.4, 0.5) is 10.5 Å². The summed E-state index contributed by atoms with van der Waals surface area (Å²) >= 11 is 0. The van der Waals surface area contributed by atoms with E-state index in [1.54, 1.807) is 24.3 Å². The van der Waals surface area contributed by atoms with Crippen molar-refractivity contribution in [1.82, 2.24) is 10.6 Å². The van der Waals surface area contributed by atoms with Gasteiger partial charge in [-0.05, 0) is 70.2 Å². The highest BCUT2D eigenvalue weighted by atomic mass is 16.4. The molecule has 0 heterocycles. The first-order valence-electron chi connectivity index (χ1n) is 9.43. The summed E-state index contributed by atoms with van der Waals surface area (Å²) < 4.78 is 0. The average molecular weight is 375 g/mol. The van der Waals surface area contributed by atoms with Gasteiger partial charge in [-0.2, -0.15) is 0 Å². The lowest BCUT2D eigenvalue weighted by Gasteiger charge is -2.26. The molecule has 0 saturated heterocycles. The number of aliphatic carboxylic acids is 1. The van der Waals surface area contributed by atoms with Crippen molar-refractivity contribution < 1.29 is 19.5 Å². The fraction of sp³-hybridized carbons (Fsp3) is 0.550. The van der Waals surface area contributed by atoms with Crippen LogP contribution in [-0.4, -0.2) is 34.6 Å². The molecule has 1 aromatic rings. The summed E-state index contributed by atoms with van der Waals surface area (Å²) in [6, 6.07) is 6.40. The molecule has 7 nitrogen and oxygen atoms in total. The fourth-order valence-electron chi connectivity index (χ4n) is 3.01. The van der Waals surface area contributed by atoms with Crippen LogP contribution < -0.4 is 16.0 Å². The summed E-state index contributed by atoms with van der Waals surface area (Å²) in [7, 11) is 0. The van der Waals surface area contributed by atoms with Crippen LogP contribution in [0.1, 0.15) is 63.2 Å². The molecule has 1 aliphatic rings. The second-order valence-electron chi connectivity index (χ2n) is 7.75. The van der Waals surface area contributed by atoms with Gasteiger partial charge in [0, 0.05) is 22.8 Å². The van der Waals surface area contributed by atoms with Crippen LogP contribution in [0.3, 0.4) is 0 Å². The van der Waals surface area contributed by atoms with Crippen LogP contribution in [0.2, 0.25) is 0 Å². The fourth-order valence-corrected chi connectivity index (χ4v) is 3.01. The van der Waals surface area contributed by atoms with Gasteiger partial charge >= 0.3 is 12.0 Å². The molecule has 0 aromatic heterocycles. The minimum Gasteiger partial charge on any atom is -0.481 e. The summed E-state index contributed by atoms with van der Waals surface area (Å²) in [6.45, 7) is 5.95. The lowest BCUT2D eigenvalue weighted by atomic mass is 9.86. The first-order valence-corrected chi connectivity index (χ1v) is 9.43. The third kappa shape index (κ3) is 6.27. The van der Waals surface area contributed by atoms with Gasteiger partial charge in [0.25, 0.3) is 5.91 Å². The molecule has 0 atom stereocenters. The molecule has 0 radical (unpaired) electrons. The molecule has 0 unspecified atom stereocenters. The van der Waals surface area contributed by atoms with Gasteiger partial charge in [0.05, 0.1) is 5.92 Å². The number of carbonyl (C=O) groups excluding carboxylic acids is 2. The number of amides is 3. The molecule has 7 heteroatoms. The second kappa shape index (κ2) is 8.88. The minimum atomic E-state index is -0.760. The zero-order valence-corrected chi connectivity index (χ0v) is 16.2. The Kier molecular flexibility index (Phi) is 6.82. The summed E-state index contributed by atoms with van der Waals surface area (Å²) in [6.07, 6.45) is 3.32. The van der Waals surface area contributed by atoms with Gasteiger partial charge in [-0.1, -0.05) is 6.92 Å². The number of carbonyl (C=O) groups is 3. The number of benzene rings is 1. The maximum absolute atomic E-state index is 12.2. The van der Waals surface area contributed by atoms with Crippen LogP contribution >= 0.6 is 0 Å². The van der Waals surface area contributed by atoms with Crippen LogP contribution in [0.15, 0.2) is 24.3 Å². The Morgan fingerprint density at radius 3 is 2.19 bits per heavy atom. The van der Waals surface area contributed by atoms with E-state index in [1.165, 1.54) is 0 Å². The number of hydrogen-bond donors (Lipinski definition) is 4. The molecule has 4 N–H and O–H groups in total. The van der Waals surface area contributed by atoms with Gasteiger partial charge in [-0.15, -0.1) is 0 Å². The average Bonchev–Trinajstić information content (AvgIpc) is 2.62. The van der Waals surface area contributed by atoms with Crippen molar-refractivity contribution in [2.75, 3.05) is 5.32 Å². The number of carboxylic acids is 1. The number of anilines is 1. The normalized spacial score (nSPS) is 19.8. The molecule has 1 aliphatic carbocycles. The van der Waals surface area contributed by atoms with E-state index < -0.39 is 5.97 Å². The molecule has 3 amide bonds. The van der Waals surface area contributed by atoms with Gasteiger partial charge in [-0.25, -0.2) is 4.79 Å². The summed E-state index contributed by atoms with van der Waals surface area (Å²) in [5.41, 5.74) is 0.862. The molecule has 1 saturated carbocycles. The van der Waals surface area contributed by atoms with E-state index in [9.17, 15) is 14.4 Å². The molecule has 148 valence electrons. The highest BCUT2D eigenvalue weighted by Crippen LogP contribution is 2.24. The molecular formula is C20H29N3O4. The SMILES string of the molecule is CCC(C)(C)NC(=O)c1ccc(NC(=O)NC2CCC(C(=O)O)CC2)cc1. The van der Waals surface area contributed by atoms with Gasteiger partial charge in [0.2, 0.25) is 0 Å². The third-order valence-electron chi connectivity index (χ3n) is 5.15. The van der Waals surface area contributed by atoms with Gasteiger partial charge in [-0.3, -0.25) is 9.59 Å². The largest absolute Gasteiger partial charge is 0.481 e. The van der Waals surface area contributed by atoms with E-state index in [0.717, 1.165) is 6.42 Å². The number of urea groups is 1. The Bertz CT molecular complexity index is 677. The van der Waals surface area contributed by atoms with Crippen molar-refractivity contribution >= 4 is 23.6 Å². The van der Waals surface area contributed by atoms with Crippen molar-refractivity contribution in [3.63, 3.8) is 0 Å². The van der Waals surface area contributed by atoms with Gasteiger partial charge < -0.3 is 21.1 Å². The van der Waals surface area contributed by atoms with Crippen LogP contribution in [-0.2, 0) is 4.79 Å². The van der Waals surface area contributed by atoms with E-state index in [0.29, 0.717) is 36.9 Å². The molecule has 27 heavy (non-hydrogen) atoms. The Hall–Kier alpha value is -2.57. The topological polar surface area (TPSA) is 108 Å². The van der Waals surface area contributed by atoms with Crippen LogP contribution in [0.5, 0.6) is 0 Å². The molecule has 0 aliphatic heterocycles. The highest BCUT2D eigenvalue weighted by Gasteiger charge is 2.26. The highest BCUT2D eigenvalue weighted by molar-refractivity contribution is 5.96. The second-order valence-corrected chi connectivity index (χ2v) is 7.75. The standard InChI is InChI=1S/C20H29N3O4/c1-4-20(2,3)23-17(24)13-5-9-15(10-6-13)21-19(27)22-16-11-7-14(8-12-16)18(25)26/h5-6,9-10,14,16H,4,7-8,11-12H2,1-3H3,(H,23,24)(H,25,26)(H2,21,22,27). The first-order chi connectivity index (χ1) is 12.7. The van der Waals surface area contributed by atoms with E-state index in [2.05, 4.69) is 16.0 Å². The van der Waals surface area contributed by atoms with Gasteiger partial charge in [0.15, 0.2) is 0 Å². The lowest BCUT2D eigenvalue weighted by Crippen LogP contribution is -2.42. The van der Waals surface area contributed by atoms with Gasteiger partial charge in [0.1, 0.15) is 0 Å². The zero-order valence-electron chi connectivity index (χ0n) is 16.2. The third-order valence-corrected chi connectivity index (χ3v) is 5.15. The van der Waals surface area contributed by atoms with E-state index in [-0.39, 0.29) is 29.4 Å². The van der Waals surface area contributed by atoms with Crippen molar-refractivity contribution in [2.24, 2.45) is 5.92 Å².